The van der Waals surface area contributed by atoms with Crippen LogP contribution >= 0.6 is 11.8 Å². The summed E-state index contributed by atoms with van der Waals surface area (Å²) < 4.78 is 0. The Morgan fingerprint density at radius 2 is 1.77 bits per heavy atom. The van der Waals surface area contributed by atoms with Gasteiger partial charge in [0.1, 0.15) is 10.6 Å². The molecule has 0 saturated carbocycles. The molecular formula is C29H31N3O2S. The molecule has 6 heteroatoms. The quantitative estimate of drug-likeness (QED) is 0.281. The summed E-state index contributed by atoms with van der Waals surface area (Å²) in [5.41, 5.74) is 6.54. The van der Waals surface area contributed by atoms with Crippen molar-refractivity contribution in [1.29, 1.82) is 0 Å². The molecule has 0 radical (unpaired) electrons. The Morgan fingerprint density at radius 1 is 1.03 bits per heavy atom. The molecule has 4 aromatic rings. The predicted octanol–water partition coefficient (Wildman–Crippen LogP) is 7.02. The highest BCUT2D eigenvalue weighted by atomic mass is 32.2. The summed E-state index contributed by atoms with van der Waals surface area (Å²) in [6.45, 7) is 6.20. The number of nitrogens with one attached hydrogen (secondary N) is 1. The Kier molecular flexibility index (Phi) is 7.61. The molecule has 0 fully saturated rings. The third-order valence-corrected chi connectivity index (χ3v) is 7.28. The van der Waals surface area contributed by atoms with Crippen molar-refractivity contribution in [2.75, 3.05) is 11.9 Å². The molecule has 0 unspecified atom stereocenters. The lowest BCUT2D eigenvalue weighted by Crippen LogP contribution is -2.20. The van der Waals surface area contributed by atoms with E-state index in [1.807, 2.05) is 86.6 Å². The van der Waals surface area contributed by atoms with E-state index < -0.39 is 0 Å². The molecule has 180 valence electrons. The highest BCUT2D eigenvalue weighted by molar-refractivity contribution is 7.99. The molecule has 35 heavy (non-hydrogen) atoms. The van der Waals surface area contributed by atoms with Crippen molar-refractivity contribution in [3.05, 3.63) is 94.2 Å². The number of benzene rings is 2. The highest BCUT2D eigenvalue weighted by Gasteiger charge is 2.22. The molecule has 0 saturated heterocycles. The molecule has 2 heterocycles. The fraction of sp³-hybridized carbons (Fsp3) is 0.241. The maximum absolute atomic E-state index is 13.1. The number of aromatic hydroxyl groups is 1. The van der Waals surface area contributed by atoms with Gasteiger partial charge in [-0.3, -0.25) is 9.78 Å². The molecule has 0 atom stereocenters. The van der Waals surface area contributed by atoms with Crippen LogP contribution < -0.4 is 10.5 Å². The third-order valence-electron chi connectivity index (χ3n) is 6.19. The average Bonchev–Trinajstić information content (AvgIpc) is 2.86. The first-order valence-corrected chi connectivity index (χ1v) is 12.7. The summed E-state index contributed by atoms with van der Waals surface area (Å²) in [5.74, 6) is 0.0182. The molecular weight excluding hydrogens is 454 g/mol. The maximum Gasteiger partial charge on any atom is 0.266 e. The van der Waals surface area contributed by atoms with Crippen LogP contribution in [-0.4, -0.2) is 22.1 Å². The average molecular weight is 486 g/mol. The van der Waals surface area contributed by atoms with E-state index in [1.54, 1.807) is 6.20 Å². The molecule has 2 N–H and O–H groups in total. The van der Waals surface area contributed by atoms with Crippen LogP contribution in [0, 0.1) is 13.8 Å². The second-order valence-corrected chi connectivity index (χ2v) is 9.81. The molecule has 5 nitrogen and oxygen atoms in total. The standard InChI is InChI=1S/C29H31N3O2S/c1-5-6-10-24-26(32(4)25-11-8-7-9-19(25)2)27(33)28(29(34)31-24)35-22-14-12-21(13-15-22)23-16-17-30-18-20(23)3/h7-9,11-18H,5-6,10H2,1-4H3,(H2,31,33,34). The summed E-state index contributed by atoms with van der Waals surface area (Å²) in [5, 5.41) is 11.4. The van der Waals surface area contributed by atoms with Gasteiger partial charge in [0.05, 0.1) is 0 Å². The van der Waals surface area contributed by atoms with Crippen molar-refractivity contribution < 1.29 is 5.11 Å². The summed E-state index contributed by atoms with van der Waals surface area (Å²) in [7, 11) is 1.94. The molecule has 4 rings (SSSR count). The molecule has 0 aliphatic rings. The zero-order chi connectivity index (χ0) is 24.9. The van der Waals surface area contributed by atoms with Gasteiger partial charge in [-0.05, 0) is 73.2 Å². The number of aromatic nitrogens is 2. The van der Waals surface area contributed by atoms with Gasteiger partial charge in [0, 0.05) is 35.7 Å². The second kappa shape index (κ2) is 10.8. The number of aryl methyl sites for hydroxylation is 3. The van der Waals surface area contributed by atoms with E-state index >= 15 is 0 Å². The minimum Gasteiger partial charge on any atom is -0.504 e. The van der Waals surface area contributed by atoms with Gasteiger partial charge in [-0.1, -0.05) is 55.4 Å². The van der Waals surface area contributed by atoms with Gasteiger partial charge in [-0.15, -0.1) is 0 Å². The monoisotopic (exact) mass is 485 g/mol. The van der Waals surface area contributed by atoms with Crippen LogP contribution in [0.15, 0.2) is 81.6 Å². The smallest absolute Gasteiger partial charge is 0.266 e. The van der Waals surface area contributed by atoms with Crippen LogP contribution in [0.5, 0.6) is 5.75 Å². The number of nitrogens with zero attached hydrogens (tertiary/aromatic N) is 2. The summed E-state index contributed by atoms with van der Waals surface area (Å²) >= 11 is 1.28. The van der Waals surface area contributed by atoms with Crippen LogP contribution in [0.4, 0.5) is 11.4 Å². The lowest BCUT2D eigenvalue weighted by atomic mass is 10.0. The number of unbranched alkanes of at least 4 members (excludes halogenated alkanes) is 1. The molecule has 2 aromatic carbocycles. The topological polar surface area (TPSA) is 69.2 Å². The Hall–Kier alpha value is -3.51. The van der Waals surface area contributed by atoms with Crippen LogP contribution in [0.25, 0.3) is 11.1 Å². The first-order chi connectivity index (χ1) is 16.9. The minimum atomic E-state index is -0.269. The molecule has 0 aliphatic carbocycles. The van der Waals surface area contributed by atoms with Crippen molar-refractivity contribution in [2.45, 2.75) is 49.8 Å². The van der Waals surface area contributed by atoms with E-state index in [-0.39, 0.29) is 11.3 Å². The molecule has 0 spiro atoms. The fourth-order valence-corrected chi connectivity index (χ4v) is 5.12. The van der Waals surface area contributed by atoms with Crippen LogP contribution in [-0.2, 0) is 6.42 Å². The van der Waals surface area contributed by atoms with Crippen LogP contribution in [0.1, 0.15) is 36.6 Å². The fourth-order valence-electron chi connectivity index (χ4n) is 4.28. The van der Waals surface area contributed by atoms with E-state index in [4.69, 9.17) is 0 Å². The van der Waals surface area contributed by atoms with Crippen LogP contribution in [0.3, 0.4) is 0 Å². The van der Waals surface area contributed by atoms with Gasteiger partial charge in [0.15, 0.2) is 5.75 Å². The van der Waals surface area contributed by atoms with E-state index in [2.05, 4.69) is 16.9 Å². The zero-order valence-electron chi connectivity index (χ0n) is 20.6. The highest BCUT2D eigenvalue weighted by Crippen LogP contribution is 2.42. The molecule has 2 aromatic heterocycles. The first kappa shape index (κ1) is 24.6. The Morgan fingerprint density at radius 3 is 2.46 bits per heavy atom. The largest absolute Gasteiger partial charge is 0.504 e. The number of pyridine rings is 2. The number of aromatic amines is 1. The van der Waals surface area contributed by atoms with Gasteiger partial charge >= 0.3 is 0 Å². The number of H-pyrrole nitrogens is 1. The van der Waals surface area contributed by atoms with Gasteiger partial charge in [-0.25, -0.2) is 0 Å². The van der Waals surface area contributed by atoms with Gasteiger partial charge in [0.25, 0.3) is 5.56 Å². The Balaban J connectivity index is 1.73. The number of hydrogen-bond donors (Lipinski definition) is 2. The normalized spacial score (nSPS) is 11.0. The van der Waals surface area contributed by atoms with Crippen molar-refractivity contribution >= 4 is 23.1 Å². The van der Waals surface area contributed by atoms with Crippen molar-refractivity contribution in [1.82, 2.24) is 9.97 Å². The third kappa shape index (κ3) is 5.28. The lowest BCUT2D eigenvalue weighted by molar-refractivity contribution is 0.459. The van der Waals surface area contributed by atoms with Gasteiger partial charge < -0.3 is 15.0 Å². The summed E-state index contributed by atoms with van der Waals surface area (Å²) in [6, 6.07) is 18.1. The SMILES string of the molecule is CCCCc1[nH]c(=O)c(Sc2ccc(-c3ccncc3C)cc2)c(O)c1N(C)c1ccccc1C. The van der Waals surface area contributed by atoms with Crippen LogP contribution in [0.2, 0.25) is 0 Å². The second-order valence-electron chi connectivity index (χ2n) is 8.73. The van der Waals surface area contributed by atoms with E-state index in [0.29, 0.717) is 17.0 Å². The van der Waals surface area contributed by atoms with Crippen molar-refractivity contribution in [3.63, 3.8) is 0 Å². The van der Waals surface area contributed by atoms with Crippen molar-refractivity contribution in [3.8, 4) is 16.9 Å². The molecule has 0 bridgehead atoms. The lowest BCUT2D eigenvalue weighted by Gasteiger charge is -2.26. The Bertz CT molecular complexity index is 1380. The summed E-state index contributed by atoms with van der Waals surface area (Å²) in [4.78, 5) is 23.5. The van der Waals surface area contributed by atoms with E-state index in [1.165, 1.54) is 11.8 Å². The summed E-state index contributed by atoms with van der Waals surface area (Å²) in [6.07, 6.45) is 6.25. The molecule has 0 amide bonds. The minimum absolute atomic E-state index is 0.0182. The zero-order valence-corrected chi connectivity index (χ0v) is 21.4. The number of para-hydroxylation sites is 1. The Labute approximate surface area is 210 Å². The number of hydrogen-bond acceptors (Lipinski definition) is 5. The first-order valence-electron chi connectivity index (χ1n) is 11.9. The van der Waals surface area contributed by atoms with Gasteiger partial charge in [-0.2, -0.15) is 0 Å². The number of anilines is 2. The molecule has 0 aliphatic heterocycles. The van der Waals surface area contributed by atoms with Gasteiger partial charge in [0.2, 0.25) is 0 Å². The van der Waals surface area contributed by atoms with E-state index in [9.17, 15) is 9.90 Å². The predicted molar refractivity (Wildman–Crippen MR) is 145 cm³/mol. The number of rotatable bonds is 8. The maximum atomic E-state index is 13.1. The van der Waals surface area contributed by atoms with Crippen molar-refractivity contribution in [2.24, 2.45) is 0 Å². The van der Waals surface area contributed by atoms with E-state index in [0.717, 1.165) is 51.4 Å².